The van der Waals surface area contributed by atoms with Gasteiger partial charge in [0.15, 0.2) is 0 Å². The smallest absolute Gasteiger partial charge is 0.0354 e. The maximum Gasteiger partial charge on any atom is -0.0354 e. The van der Waals surface area contributed by atoms with Crippen LogP contribution in [-0.2, 0) is 0 Å². The first-order valence-electron chi connectivity index (χ1n) is 11.4. The first-order chi connectivity index (χ1) is 11.4. The van der Waals surface area contributed by atoms with E-state index >= 15 is 0 Å². The zero-order valence-corrected chi connectivity index (χ0v) is 17.7. The lowest BCUT2D eigenvalue weighted by Crippen LogP contribution is -2.11. The zero-order valence-electron chi connectivity index (χ0n) is 17.7. The van der Waals surface area contributed by atoms with Crippen LogP contribution < -0.4 is 0 Å². The van der Waals surface area contributed by atoms with Crippen LogP contribution in [0.4, 0.5) is 0 Å². The molecule has 0 N–H and O–H groups in total. The molecule has 0 amide bonds. The van der Waals surface area contributed by atoms with Crippen molar-refractivity contribution in [3.63, 3.8) is 0 Å². The van der Waals surface area contributed by atoms with E-state index in [0.29, 0.717) is 10.8 Å². The SMILES string of the molecule is CC1(C)CCCCCCCCCC(C)(C)CCCCCCCCC1. The molecule has 1 aliphatic carbocycles. The van der Waals surface area contributed by atoms with Crippen LogP contribution in [0.1, 0.15) is 143 Å². The summed E-state index contributed by atoms with van der Waals surface area (Å²) in [7, 11) is 0. The van der Waals surface area contributed by atoms with Crippen LogP contribution in [0.25, 0.3) is 0 Å². The Hall–Kier alpha value is 0. The van der Waals surface area contributed by atoms with Crippen LogP contribution in [0.2, 0.25) is 0 Å². The topological polar surface area (TPSA) is 0 Å². The molecule has 0 heterocycles. The normalized spacial score (nSPS) is 26.5. The highest BCUT2D eigenvalue weighted by molar-refractivity contribution is 4.70. The molecule has 144 valence electrons. The lowest BCUT2D eigenvalue weighted by Gasteiger charge is -2.25. The number of hydrogen-bond acceptors (Lipinski definition) is 0. The second-order valence-corrected chi connectivity index (χ2v) is 10.3. The molecule has 24 heavy (non-hydrogen) atoms. The predicted octanol–water partition coefficient (Wildman–Crippen LogP) is 9.07. The van der Waals surface area contributed by atoms with Gasteiger partial charge in [0.2, 0.25) is 0 Å². The van der Waals surface area contributed by atoms with E-state index in [1.165, 1.54) is 116 Å². The molecular formula is C24H48. The summed E-state index contributed by atoms with van der Waals surface area (Å²) >= 11 is 0. The van der Waals surface area contributed by atoms with Gasteiger partial charge in [-0.05, 0) is 36.5 Å². The van der Waals surface area contributed by atoms with E-state index in [2.05, 4.69) is 27.7 Å². The van der Waals surface area contributed by atoms with Crippen LogP contribution in [-0.4, -0.2) is 0 Å². The standard InChI is InChI=1S/C24H48/c1-23(2)19-15-11-7-5-9-13-17-21-24(3,4)22-18-14-10-6-8-12-16-20-23/h5-22H2,1-4H3. The van der Waals surface area contributed by atoms with E-state index in [-0.39, 0.29) is 0 Å². The fourth-order valence-electron chi connectivity index (χ4n) is 4.43. The van der Waals surface area contributed by atoms with Gasteiger partial charge in [0.05, 0.1) is 0 Å². The van der Waals surface area contributed by atoms with Crippen LogP contribution >= 0.6 is 0 Å². The molecule has 0 saturated heterocycles. The van der Waals surface area contributed by atoms with Crippen molar-refractivity contribution in [3.05, 3.63) is 0 Å². The summed E-state index contributed by atoms with van der Waals surface area (Å²) < 4.78 is 0. The van der Waals surface area contributed by atoms with Gasteiger partial charge in [-0.2, -0.15) is 0 Å². The Morgan fingerprint density at radius 1 is 0.292 bits per heavy atom. The minimum Gasteiger partial charge on any atom is -0.0599 e. The van der Waals surface area contributed by atoms with E-state index < -0.39 is 0 Å². The molecular weight excluding hydrogens is 288 g/mol. The Bertz CT molecular complexity index is 232. The van der Waals surface area contributed by atoms with Crippen LogP contribution in [0.3, 0.4) is 0 Å². The van der Waals surface area contributed by atoms with E-state index in [1.807, 2.05) is 0 Å². The fourth-order valence-corrected chi connectivity index (χ4v) is 4.43. The quantitative estimate of drug-likeness (QED) is 0.413. The summed E-state index contributed by atoms with van der Waals surface area (Å²) in [6.45, 7) is 10.0. The summed E-state index contributed by atoms with van der Waals surface area (Å²) in [5.74, 6) is 0. The minimum absolute atomic E-state index is 0.590. The Morgan fingerprint density at radius 2 is 0.458 bits per heavy atom. The third kappa shape index (κ3) is 12.4. The van der Waals surface area contributed by atoms with Crippen molar-refractivity contribution in [1.82, 2.24) is 0 Å². The van der Waals surface area contributed by atoms with Gasteiger partial charge in [0.1, 0.15) is 0 Å². The predicted molar refractivity (Wildman–Crippen MR) is 111 cm³/mol. The van der Waals surface area contributed by atoms with Gasteiger partial charge >= 0.3 is 0 Å². The molecule has 0 spiro atoms. The van der Waals surface area contributed by atoms with Crippen molar-refractivity contribution < 1.29 is 0 Å². The molecule has 1 saturated carbocycles. The van der Waals surface area contributed by atoms with Gasteiger partial charge in [-0.15, -0.1) is 0 Å². The van der Waals surface area contributed by atoms with Gasteiger partial charge < -0.3 is 0 Å². The van der Waals surface area contributed by atoms with Crippen molar-refractivity contribution in [1.29, 1.82) is 0 Å². The molecule has 0 unspecified atom stereocenters. The largest absolute Gasteiger partial charge is 0.0599 e. The molecule has 0 heteroatoms. The molecule has 0 aromatic rings. The molecule has 0 nitrogen and oxygen atoms in total. The maximum atomic E-state index is 2.50. The molecule has 0 aliphatic heterocycles. The third-order valence-electron chi connectivity index (χ3n) is 6.41. The van der Waals surface area contributed by atoms with E-state index in [9.17, 15) is 0 Å². The summed E-state index contributed by atoms with van der Waals surface area (Å²) in [4.78, 5) is 0. The van der Waals surface area contributed by atoms with Crippen molar-refractivity contribution in [2.75, 3.05) is 0 Å². The summed E-state index contributed by atoms with van der Waals surface area (Å²) in [6, 6.07) is 0. The highest BCUT2D eigenvalue weighted by Gasteiger charge is 2.17. The van der Waals surface area contributed by atoms with Crippen LogP contribution in [0.15, 0.2) is 0 Å². The highest BCUT2D eigenvalue weighted by Crippen LogP contribution is 2.32. The first kappa shape index (κ1) is 22.0. The van der Waals surface area contributed by atoms with E-state index in [0.717, 1.165) is 0 Å². The zero-order chi connectivity index (χ0) is 17.7. The second-order valence-electron chi connectivity index (χ2n) is 10.3. The molecule has 0 bridgehead atoms. The maximum absolute atomic E-state index is 2.50. The Kier molecular flexibility index (Phi) is 11.4. The van der Waals surface area contributed by atoms with Gasteiger partial charge in [0, 0.05) is 0 Å². The number of rotatable bonds is 0. The fraction of sp³-hybridized carbons (Fsp3) is 1.00. The Morgan fingerprint density at radius 3 is 0.667 bits per heavy atom. The molecule has 1 rings (SSSR count). The lowest BCUT2D eigenvalue weighted by molar-refractivity contribution is 0.275. The van der Waals surface area contributed by atoms with Crippen LogP contribution in [0.5, 0.6) is 0 Å². The summed E-state index contributed by atoms with van der Waals surface area (Å²) in [5.41, 5.74) is 1.18. The van der Waals surface area contributed by atoms with Gasteiger partial charge in [-0.3, -0.25) is 0 Å². The molecule has 1 aliphatic rings. The summed E-state index contributed by atoms with van der Waals surface area (Å²) in [5, 5.41) is 0. The van der Waals surface area contributed by atoms with E-state index in [4.69, 9.17) is 0 Å². The minimum atomic E-state index is 0.590. The molecule has 0 atom stereocenters. The molecule has 1 fully saturated rings. The second kappa shape index (κ2) is 12.4. The van der Waals surface area contributed by atoms with Crippen molar-refractivity contribution >= 4 is 0 Å². The summed E-state index contributed by atoms with van der Waals surface area (Å²) in [6.07, 6.45) is 26.3. The van der Waals surface area contributed by atoms with Gasteiger partial charge in [-0.1, -0.05) is 118 Å². The first-order valence-corrected chi connectivity index (χ1v) is 11.4. The third-order valence-corrected chi connectivity index (χ3v) is 6.41. The Balaban J connectivity index is 2.29. The van der Waals surface area contributed by atoms with E-state index in [1.54, 1.807) is 0 Å². The number of hydrogen-bond donors (Lipinski definition) is 0. The monoisotopic (exact) mass is 336 g/mol. The molecule has 0 aromatic carbocycles. The highest BCUT2D eigenvalue weighted by atomic mass is 14.2. The van der Waals surface area contributed by atoms with Gasteiger partial charge in [0.25, 0.3) is 0 Å². The average Bonchev–Trinajstić information content (AvgIpc) is 2.50. The van der Waals surface area contributed by atoms with Crippen molar-refractivity contribution in [2.24, 2.45) is 10.8 Å². The van der Waals surface area contributed by atoms with Gasteiger partial charge in [-0.25, -0.2) is 0 Å². The molecule has 0 aromatic heterocycles. The lowest BCUT2D eigenvalue weighted by atomic mass is 9.81. The molecule has 0 radical (unpaired) electrons. The van der Waals surface area contributed by atoms with Crippen molar-refractivity contribution in [3.8, 4) is 0 Å². The average molecular weight is 337 g/mol. The Labute approximate surface area is 154 Å². The van der Waals surface area contributed by atoms with Crippen molar-refractivity contribution in [2.45, 2.75) is 143 Å². The van der Waals surface area contributed by atoms with Crippen LogP contribution in [0, 0.1) is 10.8 Å².